The maximum absolute atomic E-state index is 12.9. The van der Waals surface area contributed by atoms with Crippen molar-refractivity contribution in [1.82, 2.24) is 4.90 Å². The van der Waals surface area contributed by atoms with Gasteiger partial charge in [-0.1, -0.05) is 12.1 Å². The van der Waals surface area contributed by atoms with Crippen LogP contribution in [0, 0.1) is 0 Å². The number of ketones is 1. The fourth-order valence-corrected chi connectivity index (χ4v) is 4.32. The number of aromatic hydroxyl groups is 1. The number of para-hydroxylation sites is 2. The summed E-state index contributed by atoms with van der Waals surface area (Å²) in [6.07, 6.45) is 2.91. The number of anilines is 1. The van der Waals surface area contributed by atoms with Crippen molar-refractivity contribution in [3.8, 4) is 11.5 Å². The zero-order chi connectivity index (χ0) is 22.1. The minimum Gasteiger partial charge on any atom is -0.508 e. The molecule has 0 atom stereocenters. The van der Waals surface area contributed by atoms with Gasteiger partial charge in [-0.2, -0.15) is 0 Å². The lowest BCUT2D eigenvalue weighted by atomic mass is 10.0. The lowest BCUT2D eigenvalue weighted by molar-refractivity contribution is 0.101. The highest BCUT2D eigenvalue weighted by Crippen LogP contribution is 2.34. The molecule has 32 heavy (non-hydrogen) atoms. The number of phenols is 1. The number of carbonyl (C=O) groups is 1. The number of carbonyl (C=O) groups excluding carboxylic acids is 1. The van der Waals surface area contributed by atoms with Gasteiger partial charge in [-0.25, -0.2) is 0 Å². The lowest BCUT2D eigenvalue weighted by Crippen LogP contribution is -2.46. The zero-order valence-corrected chi connectivity index (χ0v) is 17.8. The predicted octanol–water partition coefficient (Wildman–Crippen LogP) is 4.29. The largest absolute Gasteiger partial charge is 0.508 e. The normalized spacial score (nSPS) is 14.7. The number of methoxy groups -OCH3 is 1. The Morgan fingerprint density at radius 1 is 1.03 bits per heavy atom. The molecular weight excluding hydrogens is 408 g/mol. The van der Waals surface area contributed by atoms with E-state index in [1.54, 1.807) is 31.4 Å². The van der Waals surface area contributed by atoms with Crippen LogP contribution in [0.4, 0.5) is 5.69 Å². The molecule has 164 valence electrons. The van der Waals surface area contributed by atoms with E-state index < -0.39 is 0 Å². The standard InChI is InChI=1S/C25H24N2O5/c1-30-21-6-3-2-5-19(21)27-12-10-26(11-13-27)15-17-20(28)8-9-22-24(17)18(16-32-22)25(29)23-7-4-14-31-23/h2-9,14,16,28H,10-13,15H2,1H3. The first-order valence-electron chi connectivity index (χ1n) is 10.6. The molecule has 1 aliphatic heterocycles. The van der Waals surface area contributed by atoms with Crippen LogP contribution >= 0.6 is 0 Å². The summed E-state index contributed by atoms with van der Waals surface area (Å²) >= 11 is 0. The highest BCUT2D eigenvalue weighted by molar-refractivity contribution is 6.15. The molecule has 3 heterocycles. The maximum Gasteiger partial charge on any atom is 0.232 e. The fraction of sp³-hybridized carbons (Fsp3) is 0.240. The number of ether oxygens (including phenoxy) is 1. The van der Waals surface area contributed by atoms with Gasteiger partial charge in [0.2, 0.25) is 5.78 Å². The molecule has 7 heteroatoms. The minimum absolute atomic E-state index is 0.152. The average Bonchev–Trinajstić information content (AvgIpc) is 3.51. The quantitative estimate of drug-likeness (QED) is 0.455. The van der Waals surface area contributed by atoms with Crippen molar-refractivity contribution in [2.24, 2.45) is 0 Å². The predicted molar refractivity (Wildman–Crippen MR) is 121 cm³/mol. The molecular formula is C25H24N2O5. The van der Waals surface area contributed by atoms with Gasteiger partial charge in [-0.05, 0) is 36.4 Å². The summed E-state index contributed by atoms with van der Waals surface area (Å²) in [6, 6.07) is 14.6. The third kappa shape index (κ3) is 3.61. The van der Waals surface area contributed by atoms with Gasteiger partial charge in [0.15, 0.2) is 5.76 Å². The molecule has 0 aliphatic carbocycles. The van der Waals surface area contributed by atoms with Crippen LogP contribution in [0.25, 0.3) is 11.0 Å². The third-order valence-corrected chi connectivity index (χ3v) is 5.99. The highest BCUT2D eigenvalue weighted by Gasteiger charge is 2.25. The Morgan fingerprint density at radius 3 is 2.59 bits per heavy atom. The van der Waals surface area contributed by atoms with E-state index in [-0.39, 0.29) is 17.3 Å². The van der Waals surface area contributed by atoms with E-state index in [4.69, 9.17) is 13.6 Å². The summed E-state index contributed by atoms with van der Waals surface area (Å²) in [4.78, 5) is 17.5. The SMILES string of the molecule is COc1ccccc1N1CCN(Cc2c(O)ccc3occ(C(=O)c4ccco4)c23)CC1. The molecule has 0 saturated carbocycles. The summed E-state index contributed by atoms with van der Waals surface area (Å²) in [7, 11) is 1.69. The molecule has 0 spiro atoms. The van der Waals surface area contributed by atoms with Crippen LogP contribution in [0.1, 0.15) is 21.7 Å². The molecule has 0 bridgehead atoms. The van der Waals surface area contributed by atoms with Crippen molar-refractivity contribution >= 4 is 22.4 Å². The summed E-state index contributed by atoms with van der Waals surface area (Å²) in [5, 5.41) is 11.3. The number of hydrogen-bond acceptors (Lipinski definition) is 7. The van der Waals surface area contributed by atoms with Gasteiger partial charge in [0.05, 0.1) is 24.6 Å². The van der Waals surface area contributed by atoms with Crippen molar-refractivity contribution in [2.75, 3.05) is 38.2 Å². The van der Waals surface area contributed by atoms with Crippen LogP contribution in [0.5, 0.6) is 11.5 Å². The van der Waals surface area contributed by atoms with E-state index in [0.717, 1.165) is 37.6 Å². The number of fused-ring (bicyclic) bond motifs is 1. The van der Waals surface area contributed by atoms with Gasteiger partial charge >= 0.3 is 0 Å². The Kier molecular flexibility index (Phi) is 5.33. The Balaban J connectivity index is 1.39. The molecule has 7 nitrogen and oxygen atoms in total. The molecule has 2 aromatic carbocycles. The van der Waals surface area contributed by atoms with Gasteiger partial charge in [0.25, 0.3) is 0 Å². The summed E-state index contributed by atoms with van der Waals surface area (Å²) in [5.41, 5.74) is 2.74. The van der Waals surface area contributed by atoms with Crippen molar-refractivity contribution in [3.05, 3.63) is 77.9 Å². The molecule has 0 amide bonds. The van der Waals surface area contributed by atoms with Crippen molar-refractivity contribution in [2.45, 2.75) is 6.54 Å². The summed E-state index contributed by atoms with van der Waals surface area (Å²) in [6.45, 7) is 3.81. The second kappa shape index (κ2) is 8.43. The van der Waals surface area contributed by atoms with E-state index >= 15 is 0 Å². The fourth-order valence-electron chi connectivity index (χ4n) is 4.32. The molecule has 5 rings (SSSR count). The summed E-state index contributed by atoms with van der Waals surface area (Å²) in [5.74, 6) is 0.997. The van der Waals surface area contributed by atoms with Crippen LogP contribution in [0.3, 0.4) is 0 Å². The number of piperazine rings is 1. The smallest absolute Gasteiger partial charge is 0.232 e. The van der Waals surface area contributed by atoms with Gasteiger partial charge in [-0.15, -0.1) is 0 Å². The van der Waals surface area contributed by atoms with Crippen LogP contribution in [-0.4, -0.2) is 49.1 Å². The molecule has 0 unspecified atom stereocenters. The first-order valence-corrected chi connectivity index (χ1v) is 10.6. The van der Waals surface area contributed by atoms with E-state index in [0.29, 0.717) is 28.6 Å². The van der Waals surface area contributed by atoms with Crippen LogP contribution < -0.4 is 9.64 Å². The molecule has 1 fully saturated rings. The van der Waals surface area contributed by atoms with E-state index in [9.17, 15) is 9.90 Å². The number of nitrogens with zero attached hydrogens (tertiary/aromatic N) is 2. The second-order valence-electron chi connectivity index (χ2n) is 7.83. The maximum atomic E-state index is 12.9. The molecule has 0 radical (unpaired) electrons. The van der Waals surface area contributed by atoms with Gasteiger partial charge < -0.3 is 23.6 Å². The van der Waals surface area contributed by atoms with Crippen LogP contribution in [0.15, 0.2) is 69.9 Å². The Bertz CT molecular complexity index is 1240. The number of phenolic OH excluding ortho intramolecular Hbond substituents is 1. The Labute approximate surface area is 185 Å². The average molecular weight is 432 g/mol. The van der Waals surface area contributed by atoms with Crippen molar-refractivity contribution in [1.29, 1.82) is 0 Å². The first-order chi connectivity index (χ1) is 15.7. The van der Waals surface area contributed by atoms with E-state index in [1.807, 2.05) is 18.2 Å². The molecule has 2 aromatic heterocycles. The van der Waals surface area contributed by atoms with Crippen molar-refractivity contribution in [3.63, 3.8) is 0 Å². The Hall–Kier alpha value is -3.71. The molecule has 1 saturated heterocycles. The topological polar surface area (TPSA) is 79.3 Å². The van der Waals surface area contributed by atoms with Crippen molar-refractivity contribution < 1.29 is 23.5 Å². The van der Waals surface area contributed by atoms with E-state index in [2.05, 4.69) is 15.9 Å². The lowest BCUT2D eigenvalue weighted by Gasteiger charge is -2.36. The van der Waals surface area contributed by atoms with Gasteiger partial charge in [-0.3, -0.25) is 9.69 Å². The molecule has 1 N–H and O–H groups in total. The summed E-state index contributed by atoms with van der Waals surface area (Å²) < 4.78 is 16.4. The second-order valence-corrected chi connectivity index (χ2v) is 7.83. The zero-order valence-electron chi connectivity index (χ0n) is 17.8. The highest BCUT2D eigenvalue weighted by atomic mass is 16.5. The monoisotopic (exact) mass is 432 g/mol. The van der Waals surface area contributed by atoms with E-state index in [1.165, 1.54) is 12.5 Å². The van der Waals surface area contributed by atoms with Gasteiger partial charge in [0.1, 0.15) is 23.3 Å². The number of hydrogen-bond donors (Lipinski definition) is 1. The van der Waals surface area contributed by atoms with Crippen LogP contribution in [0.2, 0.25) is 0 Å². The molecule has 4 aromatic rings. The first kappa shape index (κ1) is 20.2. The Morgan fingerprint density at radius 2 is 1.84 bits per heavy atom. The number of furan rings is 2. The number of benzene rings is 2. The van der Waals surface area contributed by atoms with Crippen LogP contribution in [-0.2, 0) is 6.54 Å². The van der Waals surface area contributed by atoms with Gasteiger partial charge in [0, 0.05) is 43.7 Å². The number of rotatable bonds is 6. The molecule has 1 aliphatic rings. The third-order valence-electron chi connectivity index (χ3n) is 5.99. The minimum atomic E-state index is -0.262.